The third kappa shape index (κ3) is 3.31. The van der Waals surface area contributed by atoms with Crippen LogP contribution in [0.3, 0.4) is 0 Å². The molecule has 110 valence electrons. The number of benzene rings is 1. The fourth-order valence-corrected chi connectivity index (χ4v) is 2.57. The first-order chi connectivity index (χ1) is 9.51. The number of likely N-dealkylation sites (tertiary alicyclic amines) is 1. The lowest BCUT2D eigenvalue weighted by molar-refractivity contribution is -0.129. The van der Waals surface area contributed by atoms with Crippen LogP contribution in [0.5, 0.6) is 5.75 Å². The van der Waals surface area contributed by atoms with Crippen molar-refractivity contribution in [3.05, 3.63) is 29.8 Å². The highest BCUT2D eigenvalue weighted by Gasteiger charge is 2.32. The number of amides is 1. The molecule has 1 N–H and O–H groups in total. The van der Waals surface area contributed by atoms with E-state index >= 15 is 0 Å². The highest BCUT2D eigenvalue weighted by atomic mass is 16.5. The smallest absolute Gasteiger partial charge is 0.223 e. The third-order valence-corrected chi connectivity index (χ3v) is 4.08. The maximum Gasteiger partial charge on any atom is 0.223 e. The summed E-state index contributed by atoms with van der Waals surface area (Å²) in [5, 5.41) is 10.3. The lowest BCUT2D eigenvalue weighted by Gasteiger charge is -2.21. The predicted molar refractivity (Wildman–Crippen MR) is 77.5 cm³/mol. The molecule has 1 amide bonds. The Morgan fingerprint density at radius 1 is 1.35 bits per heavy atom. The van der Waals surface area contributed by atoms with E-state index in [9.17, 15) is 9.90 Å². The van der Waals surface area contributed by atoms with Gasteiger partial charge in [0.05, 0.1) is 19.8 Å². The van der Waals surface area contributed by atoms with Gasteiger partial charge in [-0.05, 0) is 29.5 Å². The summed E-state index contributed by atoms with van der Waals surface area (Å²) >= 11 is 0. The molecule has 1 fully saturated rings. The van der Waals surface area contributed by atoms with E-state index in [0.717, 1.165) is 17.9 Å². The number of β-amino-alcohol motifs (C(OH)–C–C–N with tert-alkyl or cyclic N) is 1. The first-order valence-electron chi connectivity index (χ1n) is 7.11. The van der Waals surface area contributed by atoms with Crippen LogP contribution in [0.4, 0.5) is 0 Å². The molecule has 0 aromatic heterocycles. The van der Waals surface area contributed by atoms with Crippen LogP contribution in [0.1, 0.15) is 31.9 Å². The fourth-order valence-electron chi connectivity index (χ4n) is 2.57. The van der Waals surface area contributed by atoms with Crippen molar-refractivity contribution in [2.45, 2.75) is 26.4 Å². The van der Waals surface area contributed by atoms with Crippen molar-refractivity contribution in [2.75, 3.05) is 20.2 Å². The van der Waals surface area contributed by atoms with Crippen molar-refractivity contribution in [2.24, 2.45) is 11.8 Å². The molecule has 20 heavy (non-hydrogen) atoms. The van der Waals surface area contributed by atoms with E-state index in [1.807, 2.05) is 24.3 Å². The lowest BCUT2D eigenvalue weighted by atomic mass is 9.95. The van der Waals surface area contributed by atoms with Gasteiger partial charge in [0.1, 0.15) is 5.75 Å². The molecule has 0 spiro atoms. The van der Waals surface area contributed by atoms with Crippen LogP contribution in [0.25, 0.3) is 0 Å². The molecule has 0 aliphatic carbocycles. The quantitative estimate of drug-likeness (QED) is 0.898. The number of carbonyl (C=O) groups excluding carboxylic acids is 1. The average Bonchev–Trinajstić information content (AvgIpc) is 2.80. The lowest BCUT2D eigenvalue weighted by Crippen LogP contribution is -2.30. The molecular weight excluding hydrogens is 254 g/mol. The number of aliphatic hydroxyl groups is 1. The summed E-state index contributed by atoms with van der Waals surface area (Å²) < 4.78 is 5.09. The number of ether oxygens (including phenoxy) is 1. The average molecular weight is 277 g/mol. The number of nitrogens with zero attached hydrogens (tertiary/aromatic N) is 1. The Morgan fingerprint density at radius 3 is 2.50 bits per heavy atom. The van der Waals surface area contributed by atoms with Gasteiger partial charge in [-0.1, -0.05) is 26.0 Å². The summed E-state index contributed by atoms with van der Waals surface area (Å²) in [6.45, 7) is 5.40. The van der Waals surface area contributed by atoms with Gasteiger partial charge in [-0.25, -0.2) is 0 Å². The molecule has 0 saturated carbocycles. The molecule has 1 aliphatic heterocycles. The maximum absolute atomic E-state index is 12.0. The second kappa shape index (κ2) is 6.27. The van der Waals surface area contributed by atoms with Crippen molar-refractivity contribution in [3.8, 4) is 5.75 Å². The van der Waals surface area contributed by atoms with Crippen molar-refractivity contribution >= 4 is 5.91 Å². The van der Waals surface area contributed by atoms with E-state index in [0.29, 0.717) is 24.8 Å². The molecule has 1 heterocycles. The Kier molecular flexibility index (Phi) is 4.65. The molecule has 2 unspecified atom stereocenters. The topological polar surface area (TPSA) is 49.8 Å². The van der Waals surface area contributed by atoms with Crippen molar-refractivity contribution in [1.82, 2.24) is 4.90 Å². The van der Waals surface area contributed by atoms with E-state index in [1.165, 1.54) is 0 Å². The fraction of sp³-hybridized carbons (Fsp3) is 0.562. The molecule has 0 radical (unpaired) electrons. The number of hydrogen-bond acceptors (Lipinski definition) is 3. The van der Waals surface area contributed by atoms with Gasteiger partial charge < -0.3 is 14.7 Å². The number of hydrogen-bond donors (Lipinski definition) is 1. The van der Waals surface area contributed by atoms with Crippen LogP contribution in [-0.2, 0) is 4.79 Å². The minimum atomic E-state index is -0.643. The summed E-state index contributed by atoms with van der Waals surface area (Å²) in [5.41, 5.74) is 0.812. The van der Waals surface area contributed by atoms with Gasteiger partial charge in [0, 0.05) is 13.0 Å². The highest BCUT2D eigenvalue weighted by Crippen LogP contribution is 2.27. The Labute approximate surface area is 120 Å². The van der Waals surface area contributed by atoms with Gasteiger partial charge in [0.25, 0.3) is 0 Å². The van der Waals surface area contributed by atoms with Crippen LogP contribution < -0.4 is 4.74 Å². The van der Waals surface area contributed by atoms with Crippen molar-refractivity contribution in [3.63, 3.8) is 0 Å². The van der Waals surface area contributed by atoms with Crippen LogP contribution in [-0.4, -0.2) is 36.1 Å². The predicted octanol–water partition coefficient (Wildman–Crippen LogP) is 2.23. The van der Waals surface area contributed by atoms with Crippen LogP contribution in [0.15, 0.2) is 24.3 Å². The summed E-state index contributed by atoms with van der Waals surface area (Å²) in [5.74, 6) is 1.82. The Morgan fingerprint density at radius 2 is 2.00 bits per heavy atom. The molecule has 1 aromatic carbocycles. The van der Waals surface area contributed by atoms with E-state index in [4.69, 9.17) is 4.74 Å². The molecular formula is C16H23NO3. The van der Waals surface area contributed by atoms with E-state index in [1.54, 1.807) is 12.0 Å². The Bertz CT molecular complexity index is 455. The summed E-state index contributed by atoms with van der Waals surface area (Å²) in [6, 6.07) is 7.32. The van der Waals surface area contributed by atoms with Gasteiger partial charge in [-0.15, -0.1) is 0 Å². The molecule has 0 bridgehead atoms. The maximum atomic E-state index is 12.0. The Hall–Kier alpha value is -1.55. The summed E-state index contributed by atoms with van der Waals surface area (Å²) in [7, 11) is 1.61. The number of carbonyl (C=O) groups is 1. The molecule has 4 heteroatoms. The molecule has 2 atom stereocenters. The van der Waals surface area contributed by atoms with Gasteiger partial charge in [0.2, 0.25) is 5.91 Å². The molecule has 4 nitrogen and oxygen atoms in total. The second-order valence-corrected chi connectivity index (χ2v) is 5.80. The minimum absolute atomic E-state index is 0.149. The Balaban J connectivity index is 1.97. The zero-order chi connectivity index (χ0) is 14.7. The van der Waals surface area contributed by atoms with Gasteiger partial charge in [0.15, 0.2) is 0 Å². The highest BCUT2D eigenvalue weighted by molar-refractivity contribution is 5.78. The van der Waals surface area contributed by atoms with Gasteiger partial charge in [-0.2, -0.15) is 0 Å². The van der Waals surface area contributed by atoms with E-state index in [2.05, 4.69) is 13.8 Å². The van der Waals surface area contributed by atoms with Crippen LogP contribution in [0.2, 0.25) is 0 Å². The zero-order valence-electron chi connectivity index (χ0n) is 12.4. The first-order valence-corrected chi connectivity index (χ1v) is 7.11. The number of aliphatic hydroxyl groups excluding tert-OH is 1. The largest absolute Gasteiger partial charge is 0.497 e. The van der Waals surface area contributed by atoms with Crippen molar-refractivity contribution < 1.29 is 14.6 Å². The van der Waals surface area contributed by atoms with Crippen molar-refractivity contribution in [1.29, 1.82) is 0 Å². The van der Waals surface area contributed by atoms with Crippen LogP contribution >= 0.6 is 0 Å². The SMILES string of the molecule is COc1ccc(C(O)CN2CC(C(C)C)CC2=O)cc1. The monoisotopic (exact) mass is 277 g/mol. The van der Waals surface area contributed by atoms with E-state index in [-0.39, 0.29) is 5.91 Å². The summed E-state index contributed by atoms with van der Waals surface area (Å²) in [4.78, 5) is 13.7. The molecule has 2 rings (SSSR count). The standard InChI is InChI=1S/C16H23NO3/c1-11(2)13-8-16(19)17(9-13)10-15(18)12-4-6-14(20-3)7-5-12/h4-7,11,13,15,18H,8-10H2,1-3H3. The zero-order valence-corrected chi connectivity index (χ0v) is 12.4. The minimum Gasteiger partial charge on any atom is -0.497 e. The second-order valence-electron chi connectivity index (χ2n) is 5.80. The van der Waals surface area contributed by atoms with Gasteiger partial charge in [-0.3, -0.25) is 4.79 Å². The van der Waals surface area contributed by atoms with Crippen LogP contribution in [0, 0.1) is 11.8 Å². The normalized spacial score (nSPS) is 20.6. The third-order valence-electron chi connectivity index (χ3n) is 4.08. The molecule has 1 saturated heterocycles. The number of rotatable bonds is 5. The molecule has 1 aromatic rings. The first kappa shape index (κ1) is 14.9. The number of methoxy groups -OCH3 is 1. The van der Waals surface area contributed by atoms with E-state index < -0.39 is 6.10 Å². The summed E-state index contributed by atoms with van der Waals surface area (Å²) in [6.07, 6.45) is -0.0386. The molecule has 1 aliphatic rings. The van der Waals surface area contributed by atoms with Gasteiger partial charge >= 0.3 is 0 Å².